The quantitative estimate of drug-likeness (QED) is 0.520. The molecule has 8 nitrogen and oxygen atoms in total. The van der Waals surface area contributed by atoms with Crippen LogP contribution in [-0.4, -0.2) is 23.6 Å². The number of fused-ring (bicyclic) bond motifs is 2. The number of rotatable bonds is 2. The largest absolute Gasteiger partial charge is 0.325 e. The summed E-state index contributed by atoms with van der Waals surface area (Å²) in [6.07, 6.45) is 0.0938. The van der Waals surface area contributed by atoms with Gasteiger partial charge in [-0.3, -0.25) is 19.2 Å². The summed E-state index contributed by atoms with van der Waals surface area (Å²) in [5.74, 6) is -1.43. The van der Waals surface area contributed by atoms with Crippen molar-refractivity contribution in [3.63, 3.8) is 0 Å². The van der Waals surface area contributed by atoms with Gasteiger partial charge in [0.2, 0.25) is 0 Å². The number of nitrogens with one attached hydrogen (secondary N) is 4. The lowest BCUT2D eigenvalue weighted by Crippen LogP contribution is -2.25. The van der Waals surface area contributed by atoms with E-state index in [-0.39, 0.29) is 41.2 Å². The third-order valence-corrected chi connectivity index (χ3v) is 4.25. The van der Waals surface area contributed by atoms with Gasteiger partial charge in [0.15, 0.2) is 0 Å². The molecule has 4 aliphatic rings. The second kappa shape index (κ2) is 4.19. The topological polar surface area (TPSA) is 116 Å². The molecule has 4 N–H and O–H groups in total. The number of amides is 4. The molecule has 0 atom stereocenters. The van der Waals surface area contributed by atoms with Gasteiger partial charge in [-0.05, 0) is 13.8 Å². The van der Waals surface area contributed by atoms with Gasteiger partial charge in [0.1, 0.15) is 0 Å². The maximum absolute atomic E-state index is 12.0. The molecule has 0 radical (unpaired) electrons. The summed E-state index contributed by atoms with van der Waals surface area (Å²) in [5.41, 5.74) is 2.98. The van der Waals surface area contributed by atoms with Gasteiger partial charge in [-0.25, -0.2) is 0 Å². The monoisotopic (exact) mass is 312 g/mol. The Kier molecular flexibility index (Phi) is 2.46. The molecule has 116 valence electrons. The van der Waals surface area contributed by atoms with Crippen molar-refractivity contribution in [2.45, 2.75) is 20.3 Å². The lowest BCUT2D eigenvalue weighted by atomic mass is 10.0. The van der Waals surface area contributed by atoms with Crippen LogP contribution in [0.15, 0.2) is 45.1 Å². The van der Waals surface area contributed by atoms with Crippen molar-refractivity contribution in [2.75, 3.05) is 0 Å². The molecule has 4 aliphatic heterocycles. The first-order chi connectivity index (χ1) is 10.9. The first-order valence-corrected chi connectivity index (χ1v) is 7.02. The minimum atomic E-state index is -0.358. The van der Waals surface area contributed by atoms with Gasteiger partial charge in [-0.1, -0.05) is 0 Å². The predicted molar refractivity (Wildman–Crippen MR) is 76.6 cm³/mol. The van der Waals surface area contributed by atoms with Gasteiger partial charge in [0.25, 0.3) is 23.6 Å². The number of carbonyl (C=O) groups excluding carboxylic acids is 4. The lowest BCUT2D eigenvalue weighted by Gasteiger charge is -2.08. The molecule has 8 heteroatoms. The van der Waals surface area contributed by atoms with Gasteiger partial charge in [-0.2, -0.15) is 0 Å². The van der Waals surface area contributed by atoms with Crippen molar-refractivity contribution < 1.29 is 19.2 Å². The van der Waals surface area contributed by atoms with Gasteiger partial charge in [0.05, 0.1) is 22.3 Å². The molecule has 4 rings (SSSR count). The smallest absolute Gasteiger partial charge is 0.258 e. The molecule has 0 bridgehead atoms. The number of allylic oxidation sites excluding steroid dienone is 2. The van der Waals surface area contributed by atoms with Crippen LogP contribution in [0.3, 0.4) is 0 Å². The molecule has 0 fully saturated rings. The van der Waals surface area contributed by atoms with Crippen molar-refractivity contribution in [3.05, 3.63) is 45.1 Å². The van der Waals surface area contributed by atoms with E-state index >= 15 is 0 Å². The average molecular weight is 312 g/mol. The molecule has 4 amide bonds. The van der Waals surface area contributed by atoms with E-state index in [9.17, 15) is 19.2 Å². The SMILES string of the molecule is CC1=C2C(=O)NC(CC3=C4C(=O)NC(C)=C4C(=O)N3)=C2C(=O)N1. The summed E-state index contributed by atoms with van der Waals surface area (Å²) in [7, 11) is 0. The fourth-order valence-electron chi connectivity index (χ4n) is 3.30. The Labute approximate surface area is 130 Å². The lowest BCUT2D eigenvalue weighted by molar-refractivity contribution is -0.117. The van der Waals surface area contributed by atoms with Crippen LogP contribution in [0.4, 0.5) is 0 Å². The summed E-state index contributed by atoms with van der Waals surface area (Å²) in [5, 5.41) is 10.5. The van der Waals surface area contributed by atoms with E-state index in [1.54, 1.807) is 13.8 Å². The predicted octanol–water partition coefficient (Wildman–Crippen LogP) is -1.05. The fourth-order valence-corrected chi connectivity index (χ4v) is 3.30. The standard InChI is InChI=1S/C15H12N4O4/c1-4-8-10(14(22)16-4)6(18-12(8)20)3-7-11-9(13(21)19-7)5(2)17-15(11)23/h3H2,1-2H3,(H,16,22)(H,17,23)(H,18,20)(H,19,21). The van der Waals surface area contributed by atoms with Crippen LogP contribution in [0.25, 0.3) is 0 Å². The molecular weight excluding hydrogens is 300 g/mol. The second-order valence-electron chi connectivity index (χ2n) is 5.70. The van der Waals surface area contributed by atoms with Crippen LogP contribution in [0.1, 0.15) is 20.3 Å². The van der Waals surface area contributed by atoms with Crippen LogP contribution >= 0.6 is 0 Å². The maximum Gasteiger partial charge on any atom is 0.258 e. The molecule has 0 aliphatic carbocycles. The van der Waals surface area contributed by atoms with Crippen LogP contribution < -0.4 is 21.3 Å². The van der Waals surface area contributed by atoms with Crippen LogP contribution in [-0.2, 0) is 19.2 Å². The van der Waals surface area contributed by atoms with E-state index in [0.29, 0.717) is 33.9 Å². The maximum atomic E-state index is 12.0. The Morgan fingerprint density at radius 1 is 0.565 bits per heavy atom. The highest BCUT2D eigenvalue weighted by atomic mass is 16.2. The Morgan fingerprint density at radius 2 is 0.913 bits per heavy atom. The van der Waals surface area contributed by atoms with Crippen molar-refractivity contribution in [1.29, 1.82) is 0 Å². The molecule has 0 spiro atoms. The number of hydrogen-bond acceptors (Lipinski definition) is 4. The molecule has 0 aromatic carbocycles. The van der Waals surface area contributed by atoms with Gasteiger partial charge < -0.3 is 21.3 Å². The normalized spacial score (nSPS) is 22.7. The Balaban J connectivity index is 1.78. The van der Waals surface area contributed by atoms with Crippen molar-refractivity contribution >= 4 is 23.6 Å². The van der Waals surface area contributed by atoms with Crippen molar-refractivity contribution in [3.8, 4) is 0 Å². The van der Waals surface area contributed by atoms with E-state index in [2.05, 4.69) is 21.3 Å². The van der Waals surface area contributed by atoms with E-state index in [0.717, 1.165) is 0 Å². The highest BCUT2D eigenvalue weighted by Crippen LogP contribution is 2.35. The van der Waals surface area contributed by atoms with E-state index < -0.39 is 0 Å². The summed E-state index contributed by atoms with van der Waals surface area (Å²) < 4.78 is 0. The minimum Gasteiger partial charge on any atom is -0.325 e. The highest BCUT2D eigenvalue weighted by Gasteiger charge is 2.42. The Morgan fingerprint density at radius 3 is 1.30 bits per heavy atom. The summed E-state index contributed by atoms with van der Waals surface area (Å²) in [6.45, 7) is 3.30. The minimum absolute atomic E-state index is 0.0938. The molecule has 4 heterocycles. The first kappa shape index (κ1) is 13.5. The third kappa shape index (κ3) is 1.65. The van der Waals surface area contributed by atoms with Gasteiger partial charge in [0, 0.05) is 29.2 Å². The molecule has 0 aromatic heterocycles. The number of carbonyl (C=O) groups is 4. The first-order valence-electron chi connectivity index (χ1n) is 7.02. The molecule has 0 saturated carbocycles. The Hall–Kier alpha value is -3.16. The average Bonchev–Trinajstić information content (AvgIpc) is 3.12. The molecular formula is C15H12N4O4. The third-order valence-electron chi connectivity index (χ3n) is 4.25. The van der Waals surface area contributed by atoms with E-state index in [1.807, 2.05) is 0 Å². The van der Waals surface area contributed by atoms with Crippen molar-refractivity contribution in [2.24, 2.45) is 0 Å². The zero-order chi connectivity index (χ0) is 16.5. The van der Waals surface area contributed by atoms with Crippen molar-refractivity contribution in [1.82, 2.24) is 21.3 Å². The molecule has 0 unspecified atom stereocenters. The second-order valence-corrected chi connectivity index (χ2v) is 5.70. The fraction of sp³-hybridized carbons (Fsp3) is 0.200. The molecule has 0 aromatic rings. The summed E-state index contributed by atoms with van der Waals surface area (Å²) in [4.78, 5) is 48.0. The van der Waals surface area contributed by atoms with Gasteiger partial charge >= 0.3 is 0 Å². The van der Waals surface area contributed by atoms with Crippen LogP contribution in [0, 0.1) is 0 Å². The molecule has 23 heavy (non-hydrogen) atoms. The summed E-state index contributed by atoms with van der Waals surface area (Å²) >= 11 is 0. The zero-order valence-corrected chi connectivity index (χ0v) is 12.3. The van der Waals surface area contributed by atoms with Gasteiger partial charge in [-0.15, -0.1) is 0 Å². The zero-order valence-electron chi connectivity index (χ0n) is 12.3. The van der Waals surface area contributed by atoms with Crippen LogP contribution in [0.2, 0.25) is 0 Å². The number of hydrogen-bond donors (Lipinski definition) is 4. The van der Waals surface area contributed by atoms with E-state index in [1.165, 1.54) is 0 Å². The van der Waals surface area contributed by atoms with E-state index in [4.69, 9.17) is 0 Å². The highest BCUT2D eigenvalue weighted by molar-refractivity contribution is 6.21. The molecule has 0 saturated heterocycles. The van der Waals surface area contributed by atoms with Crippen LogP contribution in [0.5, 0.6) is 0 Å². The summed E-state index contributed by atoms with van der Waals surface area (Å²) in [6, 6.07) is 0. The Bertz CT molecular complexity index is 813.